The molecule has 2 amide bonds. The van der Waals surface area contributed by atoms with Gasteiger partial charge in [0.25, 0.3) is 5.91 Å². The van der Waals surface area contributed by atoms with E-state index in [1.54, 1.807) is 36.4 Å². The summed E-state index contributed by atoms with van der Waals surface area (Å²) < 4.78 is 5.14. The molecule has 1 aliphatic heterocycles. The van der Waals surface area contributed by atoms with Crippen LogP contribution < -0.4 is 15.0 Å². The van der Waals surface area contributed by atoms with Gasteiger partial charge < -0.3 is 10.1 Å². The van der Waals surface area contributed by atoms with Gasteiger partial charge in [-0.05, 0) is 31.2 Å². The van der Waals surface area contributed by atoms with Crippen molar-refractivity contribution in [3.8, 4) is 11.8 Å². The summed E-state index contributed by atoms with van der Waals surface area (Å²) in [5.74, 6) is 0.0346. The highest BCUT2D eigenvalue weighted by atomic mass is 32.2. The van der Waals surface area contributed by atoms with Crippen molar-refractivity contribution in [3.05, 3.63) is 64.7 Å². The Balaban J connectivity index is 1.94. The molecule has 2 aromatic carbocycles. The molecule has 0 aromatic heterocycles. The van der Waals surface area contributed by atoms with Crippen LogP contribution >= 0.6 is 11.8 Å². The Hall–Kier alpha value is -3.24. The van der Waals surface area contributed by atoms with Crippen LogP contribution in [-0.2, 0) is 9.59 Å². The monoisotopic (exact) mass is 379 g/mol. The average molecular weight is 379 g/mol. The van der Waals surface area contributed by atoms with E-state index in [4.69, 9.17) is 4.74 Å². The highest BCUT2D eigenvalue weighted by Crippen LogP contribution is 2.36. The molecule has 0 spiro atoms. The predicted molar refractivity (Wildman–Crippen MR) is 105 cm³/mol. The molecule has 2 aromatic rings. The summed E-state index contributed by atoms with van der Waals surface area (Å²) in [6, 6.07) is 16.2. The Morgan fingerprint density at radius 3 is 2.67 bits per heavy atom. The van der Waals surface area contributed by atoms with E-state index in [1.807, 2.05) is 25.1 Å². The van der Waals surface area contributed by atoms with E-state index >= 15 is 0 Å². The summed E-state index contributed by atoms with van der Waals surface area (Å²) in [5.41, 5.74) is 2.09. The molecule has 7 heteroatoms. The zero-order valence-corrected chi connectivity index (χ0v) is 15.7. The largest absolute Gasteiger partial charge is 0.497 e. The molecule has 1 aliphatic rings. The van der Waals surface area contributed by atoms with Gasteiger partial charge in [-0.1, -0.05) is 35.5 Å². The molecular formula is C20H17N3O3S. The zero-order chi connectivity index (χ0) is 19.4. The third-order valence-electron chi connectivity index (χ3n) is 3.96. The molecule has 0 atom stereocenters. The number of methoxy groups -OCH3 is 1. The number of ether oxygens (including phenoxy) is 1. The van der Waals surface area contributed by atoms with Crippen LogP contribution in [0.3, 0.4) is 0 Å². The maximum Gasteiger partial charge on any atom is 0.269 e. The summed E-state index contributed by atoms with van der Waals surface area (Å²) >= 11 is 1.18. The standard InChI is InChI=1S/C20H17N3O3S/c1-13-6-8-15(9-7-13)23-18(24)12-27-20(23)17(11-21)19(25)22-14-4-3-5-16(10-14)26-2/h3-10H,12H2,1-2H3,(H,22,25)/b20-17-. The molecule has 0 radical (unpaired) electrons. The smallest absolute Gasteiger partial charge is 0.269 e. The van der Waals surface area contributed by atoms with Crippen LogP contribution in [0.5, 0.6) is 5.75 Å². The molecule has 3 rings (SSSR count). The summed E-state index contributed by atoms with van der Waals surface area (Å²) in [6.07, 6.45) is 0. The predicted octanol–water partition coefficient (Wildman–Crippen LogP) is 3.46. The lowest BCUT2D eigenvalue weighted by atomic mass is 10.2. The van der Waals surface area contributed by atoms with Gasteiger partial charge in [0, 0.05) is 17.4 Å². The molecular weight excluding hydrogens is 362 g/mol. The van der Waals surface area contributed by atoms with Gasteiger partial charge in [-0.15, -0.1) is 0 Å². The van der Waals surface area contributed by atoms with Crippen LogP contribution in [0.2, 0.25) is 0 Å². The van der Waals surface area contributed by atoms with Crippen molar-refractivity contribution >= 4 is 35.0 Å². The third-order valence-corrected chi connectivity index (χ3v) is 5.01. The number of hydrogen-bond donors (Lipinski definition) is 1. The summed E-state index contributed by atoms with van der Waals surface area (Å²) in [4.78, 5) is 26.5. The Kier molecular flexibility index (Phi) is 5.48. The van der Waals surface area contributed by atoms with Gasteiger partial charge in [-0.3, -0.25) is 14.5 Å². The topological polar surface area (TPSA) is 82.4 Å². The number of anilines is 2. The van der Waals surface area contributed by atoms with Crippen LogP contribution in [-0.4, -0.2) is 24.7 Å². The zero-order valence-electron chi connectivity index (χ0n) is 14.9. The minimum atomic E-state index is -0.569. The molecule has 136 valence electrons. The number of carbonyl (C=O) groups excluding carboxylic acids is 2. The molecule has 0 aliphatic carbocycles. The first kappa shape index (κ1) is 18.5. The fourth-order valence-corrected chi connectivity index (χ4v) is 3.61. The van der Waals surface area contributed by atoms with Crippen molar-refractivity contribution in [2.45, 2.75) is 6.92 Å². The van der Waals surface area contributed by atoms with Crippen molar-refractivity contribution in [1.82, 2.24) is 0 Å². The van der Waals surface area contributed by atoms with Crippen molar-refractivity contribution in [2.24, 2.45) is 0 Å². The van der Waals surface area contributed by atoms with Crippen molar-refractivity contribution < 1.29 is 14.3 Å². The Morgan fingerprint density at radius 1 is 1.26 bits per heavy atom. The van der Waals surface area contributed by atoms with E-state index in [2.05, 4.69) is 5.32 Å². The number of rotatable bonds is 4. The van der Waals surface area contributed by atoms with E-state index in [9.17, 15) is 14.9 Å². The number of benzene rings is 2. The summed E-state index contributed by atoms with van der Waals surface area (Å²) in [7, 11) is 1.53. The second-order valence-electron chi connectivity index (χ2n) is 5.83. The lowest BCUT2D eigenvalue weighted by molar-refractivity contribution is -0.115. The number of nitrogens with zero attached hydrogens (tertiary/aromatic N) is 2. The lowest BCUT2D eigenvalue weighted by Gasteiger charge is -2.18. The SMILES string of the molecule is COc1cccc(NC(=O)/C(C#N)=C2\SCC(=O)N2c2ccc(C)cc2)c1. The van der Waals surface area contributed by atoms with E-state index < -0.39 is 5.91 Å². The van der Waals surface area contributed by atoms with Gasteiger partial charge in [-0.25, -0.2) is 0 Å². The van der Waals surface area contributed by atoms with Gasteiger partial charge in [-0.2, -0.15) is 5.26 Å². The fraction of sp³-hybridized carbons (Fsp3) is 0.150. The van der Waals surface area contributed by atoms with Crippen molar-refractivity contribution in [3.63, 3.8) is 0 Å². The highest BCUT2D eigenvalue weighted by molar-refractivity contribution is 8.04. The second kappa shape index (κ2) is 7.98. The van der Waals surface area contributed by atoms with Crippen LogP contribution in [0.1, 0.15) is 5.56 Å². The maximum absolute atomic E-state index is 12.7. The normalized spacial score (nSPS) is 15.3. The highest BCUT2D eigenvalue weighted by Gasteiger charge is 2.33. The minimum Gasteiger partial charge on any atom is -0.497 e. The Bertz CT molecular complexity index is 961. The van der Waals surface area contributed by atoms with Crippen molar-refractivity contribution in [1.29, 1.82) is 5.26 Å². The van der Waals surface area contributed by atoms with E-state index in [1.165, 1.54) is 23.8 Å². The number of hydrogen-bond acceptors (Lipinski definition) is 5. The van der Waals surface area contributed by atoms with Gasteiger partial charge >= 0.3 is 0 Å². The molecule has 0 unspecified atom stereocenters. The van der Waals surface area contributed by atoms with Crippen LogP contribution in [0.15, 0.2) is 59.1 Å². The Morgan fingerprint density at radius 2 is 2.00 bits per heavy atom. The molecule has 6 nitrogen and oxygen atoms in total. The number of nitrogens with one attached hydrogen (secondary N) is 1. The van der Waals surface area contributed by atoms with Gasteiger partial charge in [0.2, 0.25) is 5.91 Å². The third kappa shape index (κ3) is 3.96. The van der Waals surface area contributed by atoms with Gasteiger partial charge in [0.05, 0.1) is 12.9 Å². The number of aryl methyl sites for hydroxylation is 1. The molecule has 1 fully saturated rings. The first-order valence-electron chi connectivity index (χ1n) is 8.15. The van der Waals surface area contributed by atoms with Crippen LogP contribution in [0.25, 0.3) is 0 Å². The molecule has 1 saturated heterocycles. The second-order valence-corrected chi connectivity index (χ2v) is 6.80. The first-order valence-corrected chi connectivity index (χ1v) is 9.14. The molecule has 0 saturated carbocycles. The molecule has 1 heterocycles. The van der Waals surface area contributed by atoms with E-state index in [0.29, 0.717) is 22.2 Å². The number of carbonyl (C=O) groups is 2. The van der Waals surface area contributed by atoms with Gasteiger partial charge in [0.15, 0.2) is 0 Å². The van der Waals surface area contributed by atoms with Crippen LogP contribution in [0.4, 0.5) is 11.4 Å². The summed E-state index contributed by atoms with van der Waals surface area (Å²) in [6.45, 7) is 1.95. The van der Waals surface area contributed by atoms with Gasteiger partial charge in [0.1, 0.15) is 22.4 Å². The van der Waals surface area contributed by atoms with Crippen LogP contribution in [0, 0.1) is 18.3 Å². The minimum absolute atomic E-state index is 0.103. The maximum atomic E-state index is 12.7. The summed E-state index contributed by atoms with van der Waals surface area (Å²) in [5, 5.41) is 12.6. The first-order chi connectivity index (χ1) is 13.0. The molecule has 0 bridgehead atoms. The lowest BCUT2D eigenvalue weighted by Crippen LogP contribution is -2.26. The number of thioether (sulfide) groups is 1. The fourth-order valence-electron chi connectivity index (χ4n) is 2.60. The Labute approximate surface area is 161 Å². The van der Waals surface area contributed by atoms with Crippen molar-refractivity contribution in [2.75, 3.05) is 23.1 Å². The number of amides is 2. The average Bonchev–Trinajstić information content (AvgIpc) is 3.04. The van der Waals surface area contributed by atoms with E-state index in [0.717, 1.165) is 5.56 Å². The number of nitriles is 1. The quantitative estimate of drug-likeness (QED) is 0.650. The van der Waals surface area contributed by atoms with E-state index in [-0.39, 0.29) is 17.2 Å². The molecule has 27 heavy (non-hydrogen) atoms. The molecule has 1 N–H and O–H groups in total.